The van der Waals surface area contributed by atoms with Gasteiger partial charge in [-0.3, -0.25) is 0 Å². The molecule has 0 saturated carbocycles. The zero-order chi connectivity index (χ0) is 14.0. The van der Waals surface area contributed by atoms with Crippen molar-refractivity contribution in [3.8, 4) is 0 Å². The first-order valence-corrected chi connectivity index (χ1v) is 7.84. The first-order chi connectivity index (χ1) is 8.74. The Kier molecular flexibility index (Phi) is 9.84. The Labute approximate surface area is 117 Å². The van der Waals surface area contributed by atoms with E-state index in [9.17, 15) is 0 Å². The molecule has 0 aliphatic carbocycles. The highest BCUT2D eigenvalue weighted by atomic mass is 32.2. The van der Waals surface area contributed by atoms with Crippen LogP contribution >= 0.6 is 11.8 Å². The van der Waals surface area contributed by atoms with Gasteiger partial charge >= 0.3 is 0 Å². The summed E-state index contributed by atoms with van der Waals surface area (Å²) in [5, 5.41) is 4.21. The minimum atomic E-state index is 0.454. The lowest BCUT2D eigenvalue weighted by atomic mass is 9.98. The maximum Gasteiger partial charge on any atom is 0.189 e. The molecule has 0 saturated heterocycles. The average Bonchev–Trinajstić information content (AvgIpc) is 2.46. The van der Waals surface area contributed by atoms with Crippen molar-refractivity contribution in [3.05, 3.63) is 11.8 Å². The minimum Gasteiger partial charge on any atom is -0.367 e. The molecule has 2 radical (unpaired) electrons. The van der Waals surface area contributed by atoms with Crippen molar-refractivity contribution in [1.82, 2.24) is 9.97 Å². The number of hydrogen-bond donors (Lipinski definition) is 1. The van der Waals surface area contributed by atoms with Crippen LogP contribution in [0.25, 0.3) is 0 Å². The molecule has 0 spiro atoms. The number of hydrogen-bond acceptors (Lipinski definition) is 4. The van der Waals surface area contributed by atoms with Crippen LogP contribution in [0.4, 0.5) is 5.82 Å². The van der Waals surface area contributed by atoms with E-state index in [1.165, 1.54) is 0 Å². The van der Waals surface area contributed by atoms with Gasteiger partial charge in [-0.25, -0.2) is 9.97 Å². The van der Waals surface area contributed by atoms with E-state index < -0.39 is 0 Å². The Bertz CT molecular complexity index is 330. The normalized spacial score (nSPS) is 9.89. The molecule has 0 aliphatic heterocycles. The Hall–Kier alpha value is -0.705. The zero-order valence-electron chi connectivity index (χ0n) is 12.2. The van der Waals surface area contributed by atoms with Crippen LogP contribution in [0.1, 0.15) is 46.1 Å². The second-order valence-corrected chi connectivity index (χ2v) is 4.37. The molecule has 0 fully saturated rings. The van der Waals surface area contributed by atoms with Crippen molar-refractivity contribution >= 4 is 25.4 Å². The predicted molar refractivity (Wildman–Crippen MR) is 82.6 cm³/mol. The number of aromatic nitrogens is 2. The first kappa shape index (κ1) is 17.3. The molecule has 5 heteroatoms. The van der Waals surface area contributed by atoms with E-state index in [1.54, 1.807) is 11.8 Å². The Morgan fingerprint density at radius 2 is 1.94 bits per heavy atom. The topological polar surface area (TPSA) is 37.8 Å². The van der Waals surface area contributed by atoms with Gasteiger partial charge in [0, 0.05) is 17.8 Å². The van der Waals surface area contributed by atoms with Crippen LogP contribution in [0.2, 0.25) is 0 Å². The van der Waals surface area contributed by atoms with E-state index in [2.05, 4.69) is 29.1 Å². The maximum atomic E-state index is 5.67. The lowest BCUT2D eigenvalue weighted by Crippen LogP contribution is -2.19. The van der Waals surface area contributed by atoms with Gasteiger partial charge < -0.3 is 5.32 Å². The van der Waals surface area contributed by atoms with E-state index in [1.807, 2.05) is 26.3 Å². The second kappa shape index (κ2) is 10.2. The quantitative estimate of drug-likeness (QED) is 0.485. The molecule has 0 aliphatic rings. The lowest BCUT2D eigenvalue weighted by Gasteiger charge is -2.17. The number of thioether (sulfide) groups is 1. The van der Waals surface area contributed by atoms with E-state index >= 15 is 0 Å². The molecule has 1 heterocycles. The lowest BCUT2D eigenvalue weighted by molar-refractivity contribution is 0.665. The molecule has 1 N–H and O–H groups in total. The van der Waals surface area contributed by atoms with E-state index in [0.29, 0.717) is 12.4 Å². The molecule has 0 atom stereocenters. The summed E-state index contributed by atoms with van der Waals surface area (Å²) in [6.45, 7) is 8.33. The highest BCUT2D eigenvalue weighted by molar-refractivity contribution is 7.98. The van der Waals surface area contributed by atoms with Gasteiger partial charge in [0.25, 0.3) is 0 Å². The molecule has 1 aromatic rings. The molecule has 18 heavy (non-hydrogen) atoms. The summed E-state index contributed by atoms with van der Waals surface area (Å²) in [6.07, 6.45) is 6.41. The molecule has 3 nitrogen and oxygen atoms in total. The third-order valence-electron chi connectivity index (χ3n) is 2.57. The Balaban J connectivity index is 0.00000137. The second-order valence-electron chi connectivity index (χ2n) is 3.59. The number of rotatable bonds is 6. The summed E-state index contributed by atoms with van der Waals surface area (Å²) < 4.78 is 0. The summed E-state index contributed by atoms with van der Waals surface area (Å²) in [6, 6.07) is 0.454. The molecule has 0 amide bonds. The third-order valence-corrected chi connectivity index (χ3v) is 3.13. The van der Waals surface area contributed by atoms with Crippen LogP contribution in [0, 0.1) is 0 Å². The summed E-state index contributed by atoms with van der Waals surface area (Å²) in [7, 11) is 5.67. The van der Waals surface area contributed by atoms with Crippen LogP contribution in [0.3, 0.4) is 0 Å². The fraction of sp³-hybridized carbons (Fsp3) is 0.692. The summed E-state index contributed by atoms with van der Waals surface area (Å²) in [4.78, 5) is 8.68. The molecule has 1 aromatic heterocycles. The van der Waals surface area contributed by atoms with Gasteiger partial charge in [-0.15, -0.1) is 0 Å². The molecule has 100 valence electrons. The molecule has 0 aromatic carbocycles. The monoisotopic (exact) mass is 265 g/mol. The summed E-state index contributed by atoms with van der Waals surface area (Å²) in [5.41, 5.74) is 0.977. The van der Waals surface area contributed by atoms with Crippen LogP contribution < -0.4 is 5.32 Å². The van der Waals surface area contributed by atoms with Gasteiger partial charge in [0.1, 0.15) is 5.82 Å². The molecule has 0 unspecified atom stereocenters. The molecular weight excluding hydrogens is 241 g/mol. The average molecular weight is 265 g/mol. The van der Waals surface area contributed by atoms with E-state index in [4.69, 9.17) is 7.85 Å². The SMILES string of the molecule is CC.[B]Cc1cnc(SC)nc1NC(CC)CC. The van der Waals surface area contributed by atoms with Crippen LogP contribution in [0.15, 0.2) is 11.4 Å². The largest absolute Gasteiger partial charge is 0.367 e. The first-order valence-electron chi connectivity index (χ1n) is 6.61. The van der Waals surface area contributed by atoms with Crippen LogP contribution in [-0.2, 0) is 6.32 Å². The highest BCUT2D eigenvalue weighted by Crippen LogP contribution is 2.18. The van der Waals surface area contributed by atoms with Crippen LogP contribution in [-0.4, -0.2) is 30.1 Å². The van der Waals surface area contributed by atoms with Crippen molar-refractivity contribution < 1.29 is 0 Å². The standard InChI is InChI=1S/C11H18BN3S.C2H6/c1-4-9(5-2)14-10-8(6-12)7-13-11(15-10)16-3;1-2/h7,9H,4-6H2,1-3H3,(H,13,14,15);1-2H3. The smallest absolute Gasteiger partial charge is 0.189 e. The van der Waals surface area contributed by atoms with Crippen molar-refractivity contribution in [2.24, 2.45) is 0 Å². The summed E-state index contributed by atoms with van der Waals surface area (Å²) in [5.74, 6) is 0.885. The van der Waals surface area contributed by atoms with Crippen molar-refractivity contribution in [2.75, 3.05) is 11.6 Å². The van der Waals surface area contributed by atoms with Gasteiger partial charge in [-0.2, -0.15) is 0 Å². The third kappa shape index (κ3) is 5.30. The van der Waals surface area contributed by atoms with Crippen LogP contribution in [0.5, 0.6) is 0 Å². The Morgan fingerprint density at radius 1 is 1.33 bits per heavy atom. The van der Waals surface area contributed by atoms with E-state index in [0.717, 1.165) is 29.4 Å². The molecule has 1 rings (SSSR count). The Morgan fingerprint density at radius 3 is 2.39 bits per heavy atom. The molecular formula is C13H24BN3S. The van der Waals surface area contributed by atoms with Gasteiger partial charge in [-0.05, 0) is 19.1 Å². The molecule has 0 bridgehead atoms. The fourth-order valence-electron chi connectivity index (χ4n) is 1.45. The van der Waals surface area contributed by atoms with Gasteiger partial charge in [0.05, 0.1) is 7.85 Å². The van der Waals surface area contributed by atoms with Gasteiger partial charge in [0.2, 0.25) is 0 Å². The number of nitrogens with one attached hydrogen (secondary N) is 1. The van der Waals surface area contributed by atoms with Gasteiger partial charge in [0.15, 0.2) is 5.16 Å². The van der Waals surface area contributed by atoms with Crippen molar-refractivity contribution in [3.63, 3.8) is 0 Å². The van der Waals surface area contributed by atoms with Crippen molar-refractivity contribution in [1.29, 1.82) is 0 Å². The fourth-order valence-corrected chi connectivity index (χ4v) is 1.79. The highest BCUT2D eigenvalue weighted by Gasteiger charge is 2.09. The maximum absolute atomic E-state index is 5.67. The number of nitrogens with zero attached hydrogens (tertiary/aromatic N) is 2. The predicted octanol–water partition coefficient (Wildman–Crippen LogP) is 3.49. The minimum absolute atomic E-state index is 0.454. The zero-order valence-corrected chi connectivity index (χ0v) is 13.0. The summed E-state index contributed by atoms with van der Waals surface area (Å²) >= 11 is 1.54. The number of anilines is 1. The van der Waals surface area contributed by atoms with E-state index in [-0.39, 0.29) is 0 Å². The van der Waals surface area contributed by atoms with Crippen molar-refractivity contribution in [2.45, 2.75) is 58.1 Å². The van der Waals surface area contributed by atoms with Gasteiger partial charge in [-0.1, -0.05) is 45.8 Å².